The molecule has 2 heterocycles. The van der Waals surface area contributed by atoms with E-state index in [4.69, 9.17) is 9.47 Å². The molecular formula is C26H19N3O8. The molecule has 0 spiro atoms. The molecule has 0 N–H and O–H groups in total. The topological polar surface area (TPSA) is 136 Å². The first-order valence-electron chi connectivity index (χ1n) is 11.2. The fraction of sp³-hybridized carbons (Fsp3) is 0.154. The van der Waals surface area contributed by atoms with E-state index in [1.807, 2.05) is 0 Å². The number of nitro groups is 1. The summed E-state index contributed by atoms with van der Waals surface area (Å²) in [6.45, 7) is 0.118. The van der Waals surface area contributed by atoms with Crippen molar-refractivity contribution in [3.63, 3.8) is 0 Å². The number of nitro benzene ring substituents is 1. The first-order chi connectivity index (χ1) is 17.8. The summed E-state index contributed by atoms with van der Waals surface area (Å²) in [7, 11) is 1.52. The summed E-state index contributed by atoms with van der Waals surface area (Å²) in [5.74, 6) is -2.55. The minimum absolute atomic E-state index is 0.0438. The van der Waals surface area contributed by atoms with E-state index in [9.17, 15) is 29.3 Å². The molecule has 0 saturated carbocycles. The van der Waals surface area contributed by atoms with Gasteiger partial charge >= 0.3 is 5.97 Å². The minimum atomic E-state index is -0.842. The van der Waals surface area contributed by atoms with Crippen LogP contribution in [0.4, 0.5) is 17.1 Å². The van der Waals surface area contributed by atoms with Crippen molar-refractivity contribution in [2.75, 3.05) is 23.5 Å². The number of nitrogens with zero attached hydrogens (tertiary/aromatic N) is 3. The molecule has 0 radical (unpaired) electrons. The van der Waals surface area contributed by atoms with Crippen molar-refractivity contribution in [3.05, 3.63) is 88.0 Å². The second-order valence-corrected chi connectivity index (χ2v) is 8.43. The Labute approximate surface area is 209 Å². The van der Waals surface area contributed by atoms with Gasteiger partial charge < -0.3 is 14.4 Å². The number of rotatable bonds is 6. The summed E-state index contributed by atoms with van der Waals surface area (Å²) in [6, 6.07) is 16.5. The van der Waals surface area contributed by atoms with Gasteiger partial charge in [0.25, 0.3) is 17.5 Å². The molecule has 3 aromatic rings. The molecule has 1 atom stereocenters. The molecule has 37 heavy (non-hydrogen) atoms. The third-order valence-corrected chi connectivity index (χ3v) is 6.21. The van der Waals surface area contributed by atoms with E-state index in [1.165, 1.54) is 48.4 Å². The number of amides is 3. The number of benzene rings is 3. The maximum atomic E-state index is 13.0. The minimum Gasteiger partial charge on any atom is -0.497 e. The SMILES string of the molecule is COc1cccc(N2C[C@H](C(=O)Oc3cccc(N4C(=O)c5cccc([N+](=O)[O-])c5C4=O)c3)CC2=O)c1. The molecule has 11 heteroatoms. The van der Waals surface area contributed by atoms with Gasteiger partial charge in [-0.1, -0.05) is 18.2 Å². The van der Waals surface area contributed by atoms with Crippen LogP contribution in [0.15, 0.2) is 66.7 Å². The summed E-state index contributed by atoms with van der Waals surface area (Å²) in [5.41, 5.74) is -0.147. The third kappa shape index (κ3) is 4.16. The molecule has 1 saturated heterocycles. The lowest BCUT2D eigenvalue weighted by molar-refractivity contribution is -0.385. The Balaban J connectivity index is 1.33. The van der Waals surface area contributed by atoms with Gasteiger partial charge in [-0.15, -0.1) is 0 Å². The van der Waals surface area contributed by atoms with Crippen LogP contribution >= 0.6 is 0 Å². The average molecular weight is 501 g/mol. The van der Waals surface area contributed by atoms with Crippen molar-refractivity contribution in [2.24, 2.45) is 5.92 Å². The molecule has 1 fully saturated rings. The van der Waals surface area contributed by atoms with Crippen molar-refractivity contribution in [1.82, 2.24) is 0 Å². The van der Waals surface area contributed by atoms with Crippen molar-refractivity contribution in [3.8, 4) is 11.5 Å². The molecule has 186 valence electrons. The summed E-state index contributed by atoms with van der Waals surface area (Å²) >= 11 is 0. The fourth-order valence-corrected chi connectivity index (χ4v) is 4.43. The Bertz CT molecular complexity index is 1480. The third-order valence-electron chi connectivity index (χ3n) is 6.21. The lowest BCUT2D eigenvalue weighted by Gasteiger charge is -2.17. The van der Waals surface area contributed by atoms with Crippen LogP contribution in [0.1, 0.15) is 27.1 Å². The summed E-state index contributed by atoms with van der Waals surface area (Å²) in [6.07, 6.45) is -0.0438. The Hall–Kier alpha value is -5.06. The predicted octanol–water partition coefficient (Wildman–Crippen LogP) is 3.36. The van der Waals surface area contributed by atoms with Gasteiger partial charge in [-0.3, -0.25) is 29.3 Å². The highest BCUT2D eigenvalue weighted by Gasteiger charge is 2.42. The first kappa shape index (κ1) is 23.7. The van der Waals surface area contributed by atoms with Crippen molar-refractivity contribution >= 4 is 40.8 Å². The van der Waals surface area contributed by atoms with E-state index in [0.717, 1.165) is 11.0 Å². The van der Waals surface area contributed by atoms with Crippen molar-refractivity contribution in [2.45, 2.75) is 6.42 Å². The highest BCUT2D eigenvalue weighted by molar-refractivity contribution is 6.35. The van der Waals surface area contributed by atoms with Gasteiger partial charge in [0.1, 0.15) is 17.1 Å². The van der Waals surface area contributed by atoms with Crippen LogP contribution in [0.5, 0.6) is 11.5 Å². The molecule has 2 aliphatic rings. The molecule has 11 nitrogen and oxygen atoms in total. The maximum absolute atomic E-state index is 13.0. The average Bonchev–Trinajstić information content (AvgIpc) is 3.41. The van der Waals surface area contributed by atoms with Crippen molar-refractivity contribution in [1.29, 1.82) is 0 Å². The summed E-state index contributed by atoms with van der Waals surface area (Å²) in [5, 5.41) is 11.4. The molecule has 0 aliphatic carbocycles. The van der Waals surface area contributed by atoms with Gasteiger partial charge in [0.05, 0.1) is 29.2 Å². The molecule has 0 aromatic heterocycles. The molecule has 0 unspecified atom stereocenters. The Morgan fingerprint density at radius 3 is 2.35 bits per heavy atom. The van der Waals surface area contributed by atoms with Gasteiger partial charge in [0.2, 0.25) is 5.91 Å². The quantitative estimate of drug-likeness (QED) is 0.165. The number of fused-ring (bicyclic) bond motifs is 1. The number of esters is 1. The molecule has 5 rings (SSSR count). The van der Waals surface area contributed by atoms with E-state index < -0.39 is 34.3 Å². The smallest absolute Gasteiger partial charge is 0.316 e. The zero-order chi connectivity index (χ0) is 26.3. The lowest BCUT2D eigenvalue weighted by atomic mass is 10.1. The van der Waals surface area contributed by atoms with E-state index in [2.05, 4.69) is 0 Å². The van der Waals surface area contributed by atoms with E-state index in [0.29, 0.717) is 11.4 Å². The number of carbonyl (C=O) groups excluding carboxylic acids is 4. The first-order valence-corrected chi connectivity index (χ1v) is 11.2. The molecular weight excluding hydrogens is 482 g/mol. The normalized spacial score (nSPS) is 16.7. The highest BCUT2D eigenvalue weighted by Crippen LogP contribution is 2.35. The monoisotopic (exact) mass is 501 g/mol. The summed E-state index contributed by atoms with van der Waals surface area (Å²) in [4.78, 5) is 64.2. The molecule has 3 aromatic carbocycles. The number of carbonyl (C=O) groups is 4. The van der Waals surface area contributed by atoms with Crippen LogP contribution < -0.4 is 19.3 Å². The zero-order valence-corrected chi connectivity index (χ0v) is 19.5. The van der Waals surface area contributed by atoms with Crippen LogP contribution in [0, 0.1) is 16.0 Å². The Morgan fingerprint density at radius 2 is 1.62 bits per heavy atom. The number of methoxy groups -OCH3 is 1. The number of hydrogen-bond donors (Lipinski definition) is 0. The highest BCUT2D eigenvalue weighted by atomic mass is 16.6. The fourth-order valence-electron chi connectivity index (χ4n) is 4.43. The van der Waals surface area contributed by atoms with E-state index >= 15 is 0 Å². The lowest BCUT2D eigenvalue weighted by Crippen LogP contribution is -2.29. The largest absolute Gasteiger partial charge is 0.497 e. The number of hydrogen-bond acceptors (Lipinski definition) is 8. The number of anilines is 2. The van der Waals surface area contributed by atoms with E-state index in [-0.39, 0.29) is 41.4 Å². The van der Waals surface area contributed by atoms with Crippen LogP contribution in [0.25, 0.3) is 0 Å². The van der Waals surface area contributed by atoms with Gasteiger partial charge in [-0.05, 0) is 30.3 Å². The van der Waals surface area contributed by atoms with Gasteiger partial charge in [0, 0.05) is 36.9 Å². The molecule has 0 bridgehead atoms. The van der Waals surface area contributed by atoms with Gasteiger partial charge in [-0.25, -0.2) is 4.90 Å². The molecule has 2 aliphatic heterocycles. The Kier molecular flexibility index (Phi) is 5.88. The maximum Gasteiger partial charge on any atom is 0.316 e. The van der Waals surface area contributed by atoms with Gasteiger partial charge in [0.15, 0.2) is 0 Å². The Morgan fingerprint density at radius 1 is 0.946 bits per heavy atom. The van der Waals surface area contributed by atoms with Crippen LogP contribution in [0.3, 0.4) is 0 Å². The van der Waals surface area contributed by atoms with Gasteiger partial charge in [-0.2, -0.15) is 0 Å². The van der Waals surface area contributed by atoms with E-state index in [1.54, 1.807) is 24.3 Å². The predicted molar refractivity (Wildman–Crippen MR) is 130 cm³/mol. The van der Waals surface area contributed by atoms with Crippen LogP contribution in [-0.4, -0.2) is 42.3 Å². The second kappa shape index (κ2) is 9.19. The number of imide groups is 1. The molecule has 3 amide bonds. The summed E-state index contributed by atoms with van der Waals surface area (Å²) < 4.78 is 10.7. The number of ether oxygens (including phenoxy) is 2. The van der Waals surface area contributed by atoms with Crippen molar-refractivity contribution < 1.29 is 33.6 Å². The standard InChI is InChI=1S/C26H19N3O8/c1-36-18-7-2-5-16(12-18)27-14-15(11-22(27)30)26(33)37-19-8-3-6-17(13-19)28-24(31)20-9-4-10-21(29(34)35)23(20)25(28)32/h2-10,12-13,15H,11,14H2,1H3/t15-/m1/s1. The zero-order valence-electron chi connectivity index (χ0n) is 19.5. The second-order valence-electron chi connectivity index (χ2n) is 8.43. The van der Waals surface area contributed by atoms with Crippen LogP contribution in [-0.2, 0) is 9.59 Å². The van der Waals surface area contributed by atoms with Crippen LogP contribution in [0.2, 0.25) is 0 Å².